The zero-order chi connectivity index (χ0) is 16.2. The highest BCUT2D eigenvalue weighted by Crippen LogP contribution is 2.31. The maximum absolute atomic E-state index is 6.12. The van der Waals surface area contributed by atoms with E-state index in [4.69, 9.17) is 4.74 Å². The average molecular weight is 315 g/mol. The summed E-state index contributed by atoms with van der Waals surface area (Å²) < 4.78 is 8.02. The smallest absolute Gasteiger partial charge is 0.165 e. The predicted octanol–water partition coefficient (Wildman–Crippen LogP) is 2.43. The first-order valence-corrected chi connectivity index (χ1v) is 8.38. The van der Waals surface area contributed by atoms with E-state index in [1.807, 2.05) is 10.7 Å². The molecule has 0 spiro atoms. The summed E-state index contributed by atoms with van der Waals surface area (Å²) in [6.07, 6.45) is 1.11. The lowest BCUT2D eigenvalue weighted by Gasteiger charge is -2.43. The number of nitrogens with zero attached hydrogens (tertiary/aromatic N) is 5. The summed E-state index contributed by atoms with van der Waals surface area (Å²) in [5, 5.41) is 12.1. The molecule has 0 N–H and O–H groups in total. The minimum atomic E-state index is 0.0860. The van der Waals surface area contributed by atoms with Crippen LogP contribution in [0, 0.1) is 0 Å². The molecule has 1 aromatic heterocycles. The molecule has 124 valence electrons. The van der Waals surface area contributed by atoms with E-state index in [0.29, 0.717) is 6.04 Å². The molecule has 0 radical (unpaired) electrons. The van der Waals surface area contributed by atoms with Crippen LogP contribution < -0.4 is 0 Å². The van der Waals surface area contributed by atoms with Gasteiger partial charge in [0.15, 0.2) is 5.82 Å². The number of aryl methyl sites for hydroxylation is 1. The minimum Gasteiger partial charge on any atom is -0.370 e. The number of aromatic nitrogens is 4. The molecule has 0 bridgehead atoms. The summed E-state index contributed by atoms with van der Waals surface area (Å²) in [7, 11) is 0. The van der Waals surface area contributed by atoms with Crippen molar-refractivity contribution in [3.05, 3.63) is 41.7 Å². The van der Waals surface area contributed by atoms with E-state index in [-0.39, 0.29) is 12.1 Å². The van der Waals surface area contributed by atoms with E-state index >= 15 is 0 Å². The van der Waals surface area contributed by atoms with Crippen molar-refractivity contribution in [2.45, 2.75) is 58.5 Å². The Morgan fingerprint density at radius 1 is 1.22 bits per heavy atom. The maximum Gasteiger partial charge on any atom is 0.165 e. The molecule has 2 aromatic rings. The van der Waals surface area contributed by atoms with Gasteiger partial charge in [-0.05, 0) is 36.3 Å². The lowest BCUT2D eigenvalue weighted by molar-refractivity contribution is -0.100. The molecular formula is C17H25N5O. The van der Waals surface area contributed by atoms with Gasteiger partial charge in [-0.1, -0.05) is 37.3 Å². The van der Waals surface area contributed by atoms with Crippen LogP contribution in [-0.2, 0) is 17.8 Å². The van der Waals surface area contributed by atoms with E-state index in [0.717, 1.165) is 31.9 Å². The summed E-state index contributed by atoms with van der Waals surface area (Å²) in [4.78, 5) is 2.44. The van der Waals surface area contributed by atoms with Gasteiger partial charge in [-0.15, -0.1) is 5.10 Å². The van der Waals surface area contributed by atoms with Crippen molar-refractivity contribution in [2.24, 2.45) is 0 Å². The molecule has 1 aliphatic rings. The van der Waals surface area contributed by atoms with E-state index in [1.165, 1.54) is 5.56 Å². The van der Waals surface area contributed by atoms with Gasteiger partial charge in [0.2, 0.25) is 0 Å². The van der Waals surface area contributed by atoms with E-state index in [2.05, 4.69) is 65.5 Å². The first-order chi connectivity index (χ1) is 11.2. The second-order valence-corrected chi connectivity index (χ2v) is 6.24. The highest BCUT2D eigenvalue weighted by atomic mass is 16.5. The van der Waals surface area contributed by atoms with Crippen molar-refractivity contribution in [3.8, 4) is 0 Å². The Bertz CT molecular complexity index is 614. The fraction of sp³-hybridized carbons (Fsp3) is 0.588. The molecule has 1 aliphatic heterocycles. The van der Waals surface area contributed by atoms with E-state index < -0.39 is 0 Å². The molecule has 3 atom stereocenters. The standard InChI is InChI=1S/C17H25N5O/c1-4-10-22-16(18-19-20-22)11-21-13(2)12-23-17(14(21)3)15-8-6-5-7-9-15/h5-9,13-14,17H,4,10-12H2,1-3H3/t13-,14+,17-/m1/s1. The Morgan fingerprint density at radius 2 is 2.00 bits per heavy atom. The van der Waals surface area contributed by atoms with Crippen LogP contribution in [0.25, 0.3) is 0 Å². The molecular weight excluding hydrogens is 290 g/mol. The van der Waals surface area contributed by atoms with Crippen LogP contribution in [0.4, 0.5) is 0 Å². The number of benzene rings is 1. The SMILES string of the molecule is CCCn1nnnc1CN1[C@H](C)CO[C@@H](c2ccccc2)[C@@H]1C. The highest BCUT2D eigenvalue weighted by molar-refractivity contribution is 5.19. The van der Waals surface area contributed by atoms with E-state index in [1.54, 1.807) is 0 Å². The Labute approximate surface area is 137 Å². The molecule has 0 unspecified atom stereocenters. The van der Waals surface area contributed by atoms with Gasteiger partial charge in [0.05, 0.1) is 19.3 Å². The molecule has 2 heterocycles. The second-order valence-electron chi connectivity index (χ2n) is 6.24. The fourth-order valence-electron chi connectivity index (χ4n) is 3.26. The van der Waals surface area contributed by atoms with Crippen LogP contribution in [-0.4, -0.2) is 43.8 Å². The largest absolute Gasteiger partial charge is 0.370 e. The molecule has 23 heavy (non-hydrogen) atoms. The third-order valence-electron chi connectivity index (χ3n) is 4.54. The van der Waals surface area contributed by atoms with Crippen LogP contribution in [0.1, 0.15) is 44.7 Å². The molecule has 6 nitrogen and oxygen atoms in total. The average Bonchev–Trinajstić information content (AvgIpc) is 3.00. The molecule has 1 saturated heterocycles. The van der Waals surface area contributed by atoms with Gasteiger partial charge in [0.1, 0.15) is 0 Å². The van der Waals surface area contributed by atoms with Gasteiger partial charge in [-0.3, -0.25) is 4.90 Å². The van der Waals surface area contributed by atoms with Gasteiger partial charge in [-0.25, -0.2) is 4.68 Å². The van der Waals surface area contributed by atoms with Crippen LogP contribution >= 0.6 is 0 Å². The number of hydrogen-bond acceptors (Lipinski definition) is 5. The minimum absolute atomic E-state index is 0.0860. The lowest BCUT2D eigenvalue weighted by atomic mass is 9.98. The second kappa shape index (κ2) is 7.19. The topological polar surface area (TPSA) is 56.1 Å². The van der Waals surface area contributed by atoms with Crippen LogP contribution in [0.2, 0.25) is 0 Å². The van der Waals surface area contributed by atoms with Gasteiger partial charge in [0.25, 0.3) is 0 Å². The first kappa shape index (κ1) is 16.1. The number of morpholine rings is 1. The third kappa shape index (κ3) is 3.43. The summed E-state index contributed by atoms with van der Waals surface area (Å²) in [5.41, 5.74) is 1.23. The van der Waals surface area contributed by atoms with Gasteiger partial charge in [-0.2, -0.15) is 0 Å². The maximum atomic E-state index is 6.12. The summed E-state index contributed by atoms with van der Waals surface area (Å²) in [6.45, 7) is 8.89. The molecule has 3 rings (SSSR count). The Kier molecular flexibility index (Phi) is 5.03. The quantitative estimate of drug-likeness (QED) is 0.848. The molecule has 1 aromatic carbocycles. The van der Waals surface area contributed by atoms with Gasteiger partial charge >= 0.3 is 0 Å². The Hall–Kier alpha value is -1.79. The lowest BCUT2D eigenvalue weighted by Crippen LogP contribution is -2.50. The van der Waals surface area contributed by atoms with Crippen molar-refractivity contribution in [3.63, 3.8) is 0 Å². The monoisotopic (exact) mass is 315 g/mol. The number of hydrogen-bond donors (Lipinski definition) is 0. The summed E-state index contributed by atoms with van der Waals surface area (Å²) in [5.74, 6) is 0.930. The van der Waals surface area contributed by atoms with Gasteiger partial charge < -0.3 is 4.74 Å². The van der Waals surface area contributed by atoms with Crippen LogP contribution in [0.15, 0.2) is 30.3 Å². The predicted molar refractivity (Wildman–Crippen MR) is 87.7 cm³/mol. The first-order valence-electron chi connectivity index (χ1n) is 8.38. The molecule has 1 fully saturated rings. The van der Waals surface area contributed by atoms with Crippen LogP contribution in [0.5, 0.6) is 0 Å². The normalized spacial score (nSPS) is 25.6. The van der Waals surface area contributed by atoms with Crippen molar-refractivity contribution < 1.29 is 4.74 Å². The van der Waals surface area contributed by atoms with Crippen molar-refractivity contribution in [1.82, 2.24) is 25.1 Å². The van der Waals surface area contributed by atoms with Crippen LogP contribution in [0.3, 0.4) is 0 Å². The Morgan fingerprint density at radius 3 is 2.74 bits per heavy atom. The molecule has 0 saturated carbocycles. The van der Waals surface area contributed by atoms with Crippen molar-refractivity contribution in [2.75, 3.05) is 6.61 Å². The molecule has 0 aliphatic carbocycles. The molecule has 6 heteroatoms. The van der Waals surface area contributed by atoms with E-state index in [9.17, 15) is 0 Å². The van der Waals surface area contributed by atoms with Crippen molar-refractivity contribution in [1.29, 1.82) is 0 Å². The highest BCUT2D eigenvalue weighted by Gasteiger charge is 2.34. The summed E-state index contributed by atoms with van der Waals surface area (Å²) >= 11 is 0. The summed E-state index contributed by atoms with van der Waals surface area (Å²) in [6, 6.07) is 11.1. The Balaban J connectivity index is 1.78. The van der Waals surface area contributed by atoms with Crippen molar-refractivity contribution >= 4 is 0 Å². The molecule has 0 amide bonds. The zero-order valence-electron chi connectivity index (χ0n) is 14.1. The number of tetrazole rings is 1. The zero-order valence-corrected chi connectivity index (χ0v) is 14.1. The number of rotatable bonds is 5. The number of ether oxygens (including phenoxy) is 1. The van der Waals surface area contributed by atoms with Gasteiger partial charge in [0, 0.05) is 18.6 Å². The fourth-order valence-corrected chi connectivity index (χ4v) is 3.26. The third-order valence-corrected chi connectivity index (χ3v) is 4.54.